The van der Waals surface area contributed by atoms with Crippen LogP contribution in [0.3, 0.4) is 0 Å². The second-order valence-electron chi connectivity index (χ2n) is 6.47. The lowest BCUT2D eigenvalue weighted by molar-refractivity contribution is -0.132. The van der Waals surface area contributed by atoms with E-state index in [1.165, 1.54) is 4.80 Å². The first-order valence-corrected chi connectivity index (χ1v) is 8.82. The molecule has 3 heterocycles. The number of anilines is 1. The van der Waals surface area contributed by atoms with Gasteiger partial charge in [0.1, 0.15) is 17.6 Å². The monoisotopic (exact) mass is 351 g/mol. The van der Waals surface area contributed by atoms with Gasteiger partial charge in [-0.15, -0.1) is 5.10 Å². The van der Waals surface area contributed by atoms with Gasteiger partial charge in [-0.1, -0.05) is 12.1 Å². The maximum atomic E-state index is 12.7. The molecule has 1 aliphatic heterocycles. The third kappa shape index (κ3) is 3.49. The summed E-state index contributed by atoms with van der Waals surface area (Å²) in [6, 6.07) is 11.6. The molecule has 1 fully saturated rings. The van der Waals surface area contributed by atoms with Crippen molar-refractivity contribution in [3.05, 3.63) is 42.1 Å². The van der Waals surface area contributed by atoms with E-state index in [2.05, 4.69) is 25.3 Å². The van der Waals surface area contributed by atoms with Gasteiger partial charge in [-0.2, -0.15) is 20.1 Å². The van der Waals surface area contributed by atoms with Crippen LogP contribution in [-0.4, -0.2) is 62.2 Å². The van der Waals surface area contributed by atoms with Gasteiger partial charge in [-0.25, -0.2) is 0 Å². The van der Waals surface area contributed by atoms with Crippen LogP contribution in [0.25, 0.3) is 11.0 Å². The highest BCUT2D eigenvalue weighted by Crippen LogP contribution is 2.13. The summed E-state index contributed by atoms with van der Waals surface area (Å²) in [4.78, 5) is 18.2. The standard InChI is InChI=1S/C18H21N7O/c1-14-7-8-17(20-19-14)23-9-4-10-24(12-11-23)18(26)13-25-21-15-5-2-3-6-16(15)22-25/h2-3,5-8H,4,9-13H2,1H3. The van der Waals surface area contributed by atoms with Crippen molar-refractivity contribution in [2.45, 2.75) is 19.9 Å². The molecule has 0 unspecified atom stereocenters. The van der Waals surface area contributed by atoms with E-state index in [0.29, 0.717) is 6.54 Å². The summed E-state index contributed by atoms with van der Waals surface area (Å²) in [5.41, 5.74) is 2.51. The highest BCUT2D eigenvalue weighted by Gasteiger charge is 2.21. The molecule has 4 rings (SSSR count). The minimum atomic E-state index is 0.0437. The molecular formula is C18H21N7O. The number of aryl methyl sites for hydroxylation is 1. The molecule has 3 aromatic rings. The molecular weight excluding hydrogens is 330 g/mol. The summed E-state index contributed by atoms with van der Waals surface area (Å²) in [6.07, 6.45) is 0.899. The fraction of sp³-hybridized carbons (Fsp3) is 0.389. The zero-order valence-corrected chi connectivity index (χ0v) is 14.7. The number of benzene rings is 1. The van der Waals surface area contributed by atoms with E-state index in [1.54, 1.807) is 0 Å². The lowest BCUT2D eigenvalue weighted by Gasteiger charge is -2.22. The van der Waals surface area contributed by atoms with Gasteiger partial charge in [0.2, 0.25) is 5.91 Å². The molecule has 0 saturated carbocycles. The Labute approximate surface area is 151 Å². The first kappa shape index (κ1) is 16.4. The van der Waals surface area contributed by atoms with Crippen molar-refractivity contribution in [3.63, 3.8) is 0 Å². The van der Waals surface area contributed by atoms with Crippen molar-refractivity contribution in [2.75, 3.05) is 31.1 Å². The average Bonchev–Trinajstić information content (AvgIpc) is 2.88. The van der Waals surface area contributed by atoms with Crippen LogP contribution < -0.4 is 4.90 Å². The lowest BCUT2D eigenvalue weighted by Crippen LogP contribution is -2.37. The third-order valence-corrected chi connectivity index (χ3v) is 4.56. The summed E-state index contributed by atoms with van der Waals surface area (Å²) in [5, 5.41) is 17.1. The number of aromatic nitrogens is 5. The van der Waals surface area contributed by atoms with Crippen LogP contribution in [0.4, 0.5) is 5.82 Å². The molecule has 134 valence electrons. The van der Waals surface area contributed by atoms with Gasteiger partial charge < -0.3 is 9.80 Å². The number of fused-ring (bicyclic) bond motifs is 1. The summed E-state index contributed by atoms with van der Waals surface area (Å²) in [6.45, 7) is 5.10. The van der Waals surface area contributed by atoms with E-state index in [0.717, 1.165) is 48.6 Å². The van der Waals surface area contributed by atoms with Crippen molar-refractivity contribution in [3.8, 4) is 0 Å². The van der Waals surface area contributed by atoms with Gasteiger partial charge in [0.15, 0.2) is 5.82 Å². The van der Waals surface area contributed by atoms with E-state index in [1.807, 2.05) is 48.2 Å². The van der Waals surface area contributed by atoms with Crippen molar-refractivity contribution < 1.29 is 4.79 Å². The number of hydrogen-bond donors (Lipinski definition) is 0. The number of nitrogens with zero attached hydrogens (tertiary/aromatic N) is 7. The molecule has 8 nitrogen and oxygen atoms in total. The van der Waals surface area contributed by atoms with Gasteiger partial charge >= 0.3 is 0 Å². The maximum Gasteiger partial charge on any atom is 0.246 e. The summed E-state index contributed by atoms with van der Waals surface area (Å²) in [7, 11) is 0. The second-order valence-corrected chi connectivity index (χ2v) is 6.47. The Morgan fingerprint density at radius 2 is 1.73 bits per heavy atom. The van der Waals surface area contributed by atoms with E-state index >= 15 is 0 Å². The minimum Gasteiger partial charge on any atom is -0.353 e. The number of carbonyl (C=O) groups is 1. The van der Waals surface area contributed by atoms with Crippen LogP contribution in [0.2, 0.25) is 0 Å². The Morgan fingerprint density at radius 1 is 0.962 bits per heavy atom. The fourth-order valence-corrected chi connectivity index (χ4v) is 3.15. The molecule has 1 aromatic carbocycles. The normalized spacial score (nSPS) is 15.3. The average molecular weight is 351 g/mol. The van der Waals surface area contributed by atoms with Crippen LogP contribution in [0.15, 0.2) is 36.4 Å². The SMILES string of the molecule is Cc1ccc(N2CCCN(C(=O)Cn3nc4ccccc4n3)CC2)nn1. The highest BCUT2D eigenvalue weighted by atomic mass is 16.2. The van der Waals surface area contributed by atoms with Crippen LogP contribution in [0, 0.1) is 6.92 Å². The van der Waals surface area contributed by atoms with Crippen molar-refractivity contribution in [1.29, 1.82) is 0 Å². The molecule has 0 spiro atoms. The van der Waals surface area contributed by atoms with E-state index < -0.39 is 0 Å². The fourth-order valence-electron chi connectivity index (χ4n) is 3.15. The molecule has 1 aliphatic rings. The van der Waals surface area contributed by atoms with Gasteiger partial charge in [0.05, 0.1) is 5.69 Å². The number of hydrogen-bond acceptors (Lipinski definition) is 6. The Bertz CT molecular complexity index is 872. The Balaban J connectivity index is 1.40. The molecule has 1 saturated heterocycles. The predicted octanol–water partition coefficient (Wildman–Crippen LogP) is 1.27. The van der Waals surface area contributed by atoms with Crippen LogP contribution in [-0.2, 0) is 11.3 Å². The summed E-state index contributed by atoms with van der Waals surface area (Å²) < 4.78 is 0. The zero-order chi connectivity index (χ0) is 17.9. The molecule has 0 bridgehead atoms. The quantitative estimate of drug-likeness (QED) is 0.707. The number of rotatable bonds is 3. The van der Waals surface area contributed by atoms with E-state index in [9.17, 15) is 4.79 Å². The summed E-state index contributed by atoms with van der Waals surface area (Å²) >= 11 is 0. The maximum absolute atomic E-state index is 12.7. The molecule has 1 amide bonds. The molecule has 0 aliphatic carbocycles. The van der Waals surface area contributed by atoms with Crippen molar-refractivity contribution in [2.24, 2.45) is 0 Å². The van der Waals surface area contributed by atoms with Crippen LogP contribution in [0.1, 0.15) is 12.1 Å². The Morgan fingerprint density at radius 3 is 2.42 bits per heavy atom. The molecule has 0 N–H and O–H groups in total. The molecule has 2 aromatic heterocycles. The van der Waals surface area contributed by atoms with Crippen molar-refractivity contribution >= 4 is 22.8 Å². The first-order chi connectivity index (χ1) is 12.7. The van der Waals surface area contributed by atoms with Gasteiger partial charge in [0, 0.05) is 26.2 Å². The van der Waals surface area contributed by atoms with Crippen molar-refractivity contribution in [1.82, 2.24) is 30.1 Å². The Hall–Kier alpha value is -3.03. The van der Waals surface area contributed by atoms with Gasteiger partial charge in [0.25, 0.3) is 0 Å². The van der Waals surface area contributed by atoms with Crippen LogP contribution in [0.5, 0.6) is 0 Å². The highest BCUT2D eigenvalue weighted by molar-refractivity contribution is 5.77. The summed E-state index contributed by atoms with van der Waals surface area (Å²) in [5.74, 6) is 0.909. The van der Waals surface area contributed by atoms with Gasteiger partial charge in [-0.05, 0) is 37.6 Å². The zero-order valence-electron chi connectivity index (χ0n) is 14.7. The molecule has 0 radical (unpaired) electrons. The largest absolute Gasteiger partial charge is 0.353 e. The Kier molecular flexibility index (Phi) is 4.47. The first-order valence-electron chi connectivity index (χ1n) is 8.82. The van der Waals surface area contributed by atoms with Crippen LogP contribution >= 0.6 is 0 Å². The smallest absolute Gasteiger partial charge is 0.246 e. The molecule has 0 atom stereocenters. The van der Waals surface area contributed by atoms with Gasteiger partial charge in [-0.3, -0.25) is 4.79 Å². The third-order valence-electron chi connectivity index (χ3n) is 4.56. The minimum absolute atomic E-state index is 0.0437. The lowest BCUT2D eigenvalue weighted by atomic mass is 10.3. The van der Waals surface area contributed by atoms with E-state index in [-0.39, 0.29) is 12.5 Å². The predicted molar refractivity (Wildman–Crippen MR) is 97.7 cm³/mol. The molecule has 26 heavy (non-hydrogen) atoms. The molecule has 8 heteroatoms. The van der Waals surface area contributed by atoms with E-state index in [4.69, 9.17) is 0 Å². The topological polar surface area (TPSA) is 80.0 Å². The second kappa shape index (κ2) is 7.07. The number of carbonyl (C=O) groups excluding carboxylic acids is 1. The number of amides is 1.